The number of hydrogen-bond acceptors (Lipinski definition) is 2. The number of hydrogen-bond donors (Lipinski definition) is 1. The van der Waals surface area contributed by atoms with Gasteiger partial charge in [0.05, 0.1) is 5.56 Å². The molecule has 2 rings (SSSR count). The summed E-state index contributed by atoms with van der Waals surface area (Å²) in [7, 11) is 0. The predicted molar refractivity (Wildman–Crippen MR) is 78.1 cm³/mol. The Morgan fingerprint density at radius 3 is 2.70 bits per heavy atom. The quantitative estimate of drug-likeness (QED) is 0.881. The highest BCUT2D eigenvalue weighted by Crippen LogP contribution is 2.38. The number of anilines is 1. The van der Waals surface area contributed by atoms with Crippen molar-refractivity contribution in [2.24, 2.45) is 0 Å². The molecule has 1 aliphatic heterocycles. The number of halogens is 4. The molecule has 1 aromatic carbocycles. The van der Waals surface area contributed by atoms with Gasteiger partial charge in [-0.25, -0.2) is 0 Å². The van der Waals surface area contributed by atoms with Crippen molar-refractivity contribution in [3.05, 3.63) is 28.2 Å². The molecule has 0 amide bonds. The molecule has 1 heterocycles. The summed E-state index contributed by atoms with van der Waals surface area (Å²) in [5, 5.41) is 3.33. The first kappa shape index (κ1) is 15.6. The van der Waals surface area contributed by atoms with Crippen LogP contribution >= 0.6 is 15.9 Å². The molecule has 0 radical (unpaired) electrons. The zero-order valence-corrected chi connectivity index (χ0v) is 12.9. The van der Waals surface area contributed by atoms with E-state index in [1.165, 1.54) is 0 Å². The Morgan fingerprint density at radius 1 is 1.40 bits per heavy atom. The molecular weight excluding hydrogens is 333 g/mol. The molecule has 1 N–H and O–H groups in total. The van der Waals surface area contributed by atoms with Gasteiger partial charge in [-0.05, 0) is 44.5 Å². The number of likely N-dealkylation sites (N-methyl/N-ethyl adjacent to an activating group) is 1. The first-order valence-electron chi connectivity index (χ1n) is 6.77. The highest BCUT2D eigenvalue weighted by molar-refractivity contribution is 9.10. The van der Waals surface area contributed by atoms with Crippen molar-refractivity contribution in [3.63, 3.8) is 0 Å². The Bertz CT molecular complexity index is 456. The van der Waals surface area contributed by atoms with Gasteiger partial charge in [-0.1, -0.05) is 15.9 Å². The average molecular weight is 351 g/mol. The van der Waals surface area contributed by atoms with Gasteiger partial charge in [-0.2, -0.15) is 13.2 Å². The summed E-state index contributed by atoms with van der Waals surface area (Å²) in [5.41, 5.74) is -0.316. The van der Waals surface area contributed by atoms with E-state index in [-0.39, 0.29) is 11.7 Å². The molecule has 0 bridgehead atoms. The molecule has 6 heteroatoms. The van der Waals surface area contributed by atoms with Crippen molar-refractivity contribution in [3.8, 4) is 0 Å². The second kappa shape index (κ2) is 6.35. The molecule has 1 aliphatic rings. The highest BCUT2D eigenvalue weighted by Gasteiger charge is 2.35. The van der Waals surface area contributed by atoms with E-state index in [2.05, 4.69) is 21.2 Å². The number of rotatable bonds is 4. The molecule has 1 aromatic rings. The summed E-state index contributed by atoms with van der Waals surface area (Å²) >= 11 is 3.12. The fraction of sp³-hybridized carbons (Fsp3) is 0.571. The minimum absolute atomic E-state index is 0.261. The second-order valence-electron chi connectivity index (χ2n) is 4.99. The second-order valence-corrected chi connectivity index (χ2v) is 5.91. The van der Waals surface area contributed by atoms with Crippen LogP contribution in [0.2, 0.25) is 0 Å². The van der Waals surface area contributed by atoms with E-state index in [1.807, 2.05) is 6.92 Å². The third-order valence-corrected chi connectivity index (χ3v) is 4.08. The smallest absolute Gasteiger partial charge is 0.370 e. The molecule has 20 heavy (non-hydrogen) atoms. The zero-order chi connectivity index (χ0) is 14.8. The lowest BCUT2D eigenvalue weighted by Gasteiger charge is -2.29. The number of nitrogens with one attached hydrogen (secondary N) is 1. The van der Waals surface area contributed by atoms with Gasteiger partial charge in [-0.15, -0.1) is 0 Å². The fourth-order valence-corrected chi connectivity index (χ4v) is 2.95. The molecule has 1 unspecified atom stereocenters. The average Bonchev–Trinajstić information content (AvgIpc) is 2.88. The monoisotopic (exact) mass is 350 g/mol. The van der Waals surface area contributed by atoms with Crippen LogP contribution in [0.3, 0.4) is 0 Å². The van der Waals surface area contributed by atoms with Gasteiger partial charge >= 0.3 is 6.18 Å². The summed E-state index contributed by atoms with van der Waals surface area (Å²) in [5.74, 6) is 0. The molecule has 0 saturated carbocycles. The van der Waals surface area contributed by atoms with Crippen LogP contribution in [0.25, 0.3) is 0 Å². The summed E-state index contributed by atoms with van der Waals surface area (Å²) in [6, 6.07) is 4.64. The molecular formula is C14H18BrF3N2. The summed E-state index contributed by atoms with van der Waals surface area (Å²) in [4.78, 5) is 1.80. The topological polar surface area (TPSA) is 15.3 Å². The molecule has 1 fully saturated rings. The Labute approximate surface area is 125 Å². The van der Waals surface area contributed by atoms with Gasteiger partial charge in [0.2, 0.25) is 0 Å². The Morgan fingerprint density at radius 2 is 2.15 bits per heavy atom. The maximum absolute atomic E-state index is 13.2. The van der Waals surface area contributed by atoms with Crippen LogP contribution < -0.4 is 10.2 Å². The molecule has 0 spiro atoms. The minimum atomic E-state index is -4.34. The van der Waals surface area contributed by atoms with E-state index in [1.54, 1.807) is 17.0 Å². The van der Waals surface area contributed by atoms with Crippen molar-refractivity contribution in [2.75, 3.05) is 24.5 Å². The van der Waals surface area contributed by atoms with Crippen molar-refractivity contribution >= 4 is 21.6 Å². The first-order chi connectivity index (χ1) is 9.41. The maximum atomic E-state index is 13.2. The van der Waals surface area contributed by atoms with Crippen LogP contribution in [0.5, 0.6) is 0 Å². The molecule has 2 nitrogen and oxygen atoms in total. The molecule has 1 atom stereocenters. The van der Waals surface area contributed by atoms with Gasteiger partial charge < -0.3 is 10.2 Å². The number of benzene rings is 1. The Balaban J connectivity index is 2.28. The van der Waals surface area contributed by atoms with Crippen molar-refractivity contribution < 1.29 is 13.2 Å². The summed E-state index contributed by atoms with van der Waals surface area (Å²) in [6.45, 7) is 4.01. The van der Waals surface area contributed by atoms with Crippen LogP contribution in [0, 0.1) is 0 Å². The van der Waals surface area contributed by atoms with Crippen molar-refractivity contribution in [1.82, 2.24) is 5.32 Å². The standard InChI is InChI=1S/C14H18BrF3N2/c1-2-20(9-11-4-3-7-19-11)13-6-5-10(15)8-12(13)14(16,17)18/h5-6,8,11,19H,2-4,7,9H2,1H3. The highest BCUT2D eigenvalue weighted by atomic mass is 79.9. The van der Waals surface area contributed by atoms with Gasteiger partial charge in [0.15, 0.2) is 0 Å². The lowest BCUT2D eigenvalue weighted by atomic mass is 10.1. The number of nitrogens with zero attached hydrogens (tertiary/aromatic N) is 1. The molecule has 0 aliphatic carbocycles. The fourth-order valence-electron chi connectivity index (χ4n) is 2.59. The van der Waals surface area contributed by atoms with E-state index < -0.39 is 11.7 Å². The van der Waals surface area contributed by atoms with E-state index in [4.69, 9.17) is 0 Å². The van der Waals surface area contributed by atoms with Gasteiger partial charge in [0.25, 0.3) is 0 Å². The Kier molecular flexibility index (Phi) is 4.96. The third kappa shape index (κ3) is 3.67. The van der Waals surface area contributed by atoms with Crippen LogP contribution in [0.15, 0.2) is 22.7 Å². The van der Waals surface area contributed by atoms with E-state index >= 15 is 0 Å². The molecule has 0 aromatic heterocycles. The molecule has 112 valence electrons. The zero-order valence-electron chi connectivity index (χ0n) is 11.3. The van der Waals surface area contributed by atoms with Gasteiger partial charge in [0.1, 0.15) is 0 Å². The lowest BCUT2D eigenvalue weighted by Crippen LogP contribution is -2.38. The summed E-state index contributed by atoms with van der Waals surface area (Å²) in [6.07, 6.45) is -2.22. The minimum Gasteiger partial charge on any atom is -0.370 e. The van der Waals surface area contributed by atoms with Crippen LogP contribution in [-0.4, -0.2) is 25.7 Å². The normalized spacial score (nSPS) is 19.4. The largest absolute Gasteiger partial charge is 0.418 e. The van der Waals surface area contributed by atoms with Crippen LogP contribution in [-0.2, 0) is 6.18 Å². The van der Waals surface area contributed by atoms with Gasteiger partial charge in [-0.3, -0.25) is 0 Å². The van der Waals surface area contributed by atoms with Crippen molar-refractivity contribution in [2.45, 2.75) is 32.0 Å². The van der Waals surface area contributed by atoms with E-state index in [0.717, 1.165) is 25.5 Å². The van der Waals surface area contributed by atoms with Crippen molar-refractivity contribution in [1.29, 1.82) is 0 Å². The van der Waals surface area contributed by atoms with Crippen LogP contribution in [0.1, 0.15) is 25.3 Å². The Hall–Kier alpha value is -0.750. The summed E-state index contributed by atoms with van der Waals surface area (Å²) < 4.78 is 40.0. The maximum Gasteiger partial charge on any atom is 0.418 e. The predicted octanol–water partition coefficient (Wildman–Crippen LogP) is 4.05. The van der Waals surface area contributed by atoms with E-state index in [9.17, 15) is 13.2 Å². The van der Waals surface area contributed by atoms with Gasteiger partial charge in [0, 0.05) is 29.3 Å². The number of alkyl halides is 3. The van der Waals surface area contributed by atoms with E-state index in [0.29, 0.717) is 17.6 Å². The van der Waals surface area contributed by atoms with Crippen LogP contribution in [0.4, 0.5) is 18.9 Å². The lowest BCUT2D eigenvalue weighted by molar-refractivity contribution is -0.137. The SMILES string of the molecule is CCN(CC1CCCN1)c1ccc(Br)cc1C(F)(F)F. The third-order valence-electron chi connectivity index (χ3n) is 3.59. The first-order valence-corrected chi connectivity index (χ1v) is 7.56. The molecule has 1 saturated heterocycles.